The quantitative estimate of drug-likeness (QED) is 0.773. The van der Waals surface area contributed by atoms with E-state index in [1.165, 1.54) is 7.11 Å². The highest BCUT2D eigenvalue weighted by Gasteiger charge is 2.18. The molecule has 5 nitrogen and oxygen atoms in total. The second-order valence-electron chi connectivity index (χ2n) is 5.92. The number of fused-ring (bicyclic) bond motifs is 1. The van der Waals surface area contributed by atoms with E-state index in [0.717, 1.165) is 43.6 Å². The standard InChI is InChI=1S/C19H28O5/c1-3-15-8-11-23-13-12-22-9-4-5-10-24-18-14-16(19(20)21-2)6-7-17(15)18/h6-7,14-15H,3-5,8-13H2,1-2H3. The van der Waals surface area contributed by atoms with E-state index < -0.39 is 0 Å². The molecule has 0 aliphatic carbocycles. The molecule has 0 radical (unpaired) electrons. The summed E-state index contributed by atoms with van der Waals surface area (Å²) in [6, 6.07) is 5.60. The van der Waals surface area contributed by atoms with Gasteiger partial charge in [0.2, 0.25) is 0 Å². The van der Waals surface area contributed by atoms with Crippen LogP contribution in [-0.2, 0) is 14.2 Å². The van der Waals surface area contributed by atoms with Crippen molar-refractivity contribution in [3.8, 4) is 5.75 Å². The van der Waals surface area contributed by atoms with Gasteiger partial charge in [-0.1, -0.05) is 13.0 Å². The lowest BCUT2D eigenvalue weighted by molar-refractivity contribution is 0.0422. The number of carbonyl (C=O) groups excluding carboxylic acids is 1. The highest BCUT2D eigenvalue weighted by molar-refractivity contribution is 5.90. The Morgan fingerprint density at radius 3 is 2.62 bits per heavy atom. The van der Waals surface area contributed by atoms with Gasteiger partial charge in [0.25, 0.3) is 0 Å². The molecule has 24 heavy (non-hydrogen) atoms. The van der Waals surface area contributed by atoms with E-state index >= 15 is 0 Å². The average Bonchev–Trinajstić information content (AvgIpc) is 2.62. The zero-order valence-corrected chi connectivity index (χ0v) is 14.7. The van der Waals surface area contributed by atoms with Crippen LogP contribution in [0.4, 0.5) is 0 Å². The normalized spacial score (nSPS) is 20.3. The second kappa shape index (κ2) is 10.3. The third-order valence-electron chi connectivity index (χ3n) is 4.29. The molecule has 1 heterocycles. The van der Waals surface area contributed by atoms with Crippen LogP contribution in [-0.4, -0.2) is 46.1 Å². The third-order valence-corrected chi connectivity index (χ3v) is 4.29. The van der Waals surface area contributed by atoms with Crippen molar-refractivity contribution >= 4 is 5.97 Å². The van der Waals surface area contributed by atoms with Gasteiger partial charge in [-0.3, -0.25) is 0 Å². The van der Waals surface area contributed by atoms with Crippen LogP contribution >= 0.6 is 0 Å². The van der Waals surface area contributed by atoms with Gasteiger partial charge in [0.1, 0.15) is 5.75 Å². The fourth-order valence-electron chi connectivity index (χ4n) is 2.86. The SMILES string of the molecule is CCC1CCOCCOCCCCOc2cc(C(=O)OC)ccc21. The predicted molar refractivity (Wildman–Crippen MR) is 91.8 cm³/mol. The van der Waals surface area contributed by atoms with Gasteiger partial charge >= 0.3 is 5.97 Å². The Bertz CT molecular complexity index is 514. The van der Waals surface area contributed by atoms with E-state index in [9.17, 15) is 4.79 Å². The maximum Gasteiger partial charge on any atom is 0.337 e. The smallest absolute Gasteiger partial charge is 0.337 e. The van der Waals surface area contributed by atoms with Crippen LogP contribution in [0.15, 0.2) is 18.2 Å². The molecule has 0 fully saturated rings. The summed E-state index contributed by atoms with van der Waals surface area (Å²) >= 11 is 0. The van der Waals surface area contributed by atoms with Crippen LogP contribution in [0.1, 0.15) is 54.4 Å². The maximum absolute atomic E-state index is 11.8. The van der Waals surface area contributed by atoms with Gasteiger partial charge in [0.15, 0.2) is 0 Å². The number of rotatable bonds is 2. The number of ether oxygens (including phenoxy) is 4. The summed E-state index contributed by atoms with van der Waals surface area (Å²) in [5.74, 6) is 0.781. The molecule has 0 saturated carbocycles. The minimum Gasteiger partial charge on any atom is -0.493 e. The van der Waals surface area contributed by atoms with Crippen molar-refractivity contribution < 1.29 is 23.7 Å². The number of esters is 1. The first-order valence-electron chi connectivity index (χ1n) is 8.76. The molecule has 1 unspecified atom stereocenters. The van der Waals surface area contributed by atoms with Crippen molar-refractivity contribution in [2.24, 2.45) is 0 Å². The van der Waals surface area contributed by atoms with Crippen molar-refractivity contribution in [1.82, 2.24) is 0 Å². The number of carbonyl (C=O) groups is 1. The van der Waals surface area contributed by atoms with Crippen molar-refractivity contribution in [3.63, 3.8) is 0 Å². The minimum atomic E-state index is -0.342. The summed E-state index contributed by atoms with van der Waals surface area (Å²) in [6.45, 7) is 5.49. The van der Waals surface area contributed by atoms with Gasteiger partial charge in [-0.05, 0) is 49.3 Å². The van der Waals surface area contributed by atoms with Gasteiger partial charge in [-0.25, -0.2) is 4.79 Å². The zero-order valence-electron chi connectivity index (χ0n) is 14.7. The zero-order chi connectivity index (χ0) is 17.2. The average molecular weight is 336 g/mol. The summed E-state index contributed by atoms with van der Waals surface area (Å²) in [7, 11) is 1.39. The van der Waals surface area contributed by atoms with Crippen molar-refractivity contribution in [3.05, 3.63) is 29.3 Å². The Morgan fingerprint density at radius 1 is 1.12 bits per heavy atom. The molecule has 0 amide bonds. The first-order valence-corrected chi connectivity index (χ1v) is 8.76. The summed E-state index contributed by atoms with van der Waals surface area (Å²) in [5.41, 5.74) is 1.66. The molecule has 1 aromatic carbocycles. The van der Waals surface area contributed by atoms with E-state index in [2.05, 4.69) is 6.92 Å². The first kappa shape index (κ1) is 18.7. The van der Waals surface area contributed by atoms with E-state index in [1.54, 1.807) is 6.07 Å². The highest BCUT2D eigenvalue weighted by Crippen LogP contribution is 2.33. The third kappa shape index (κ3) is 5.49. The van der Waals surface area contributed by atoms with E-state index in [1.807, 2.05) is 12.1 Å². The lowest BCUT2D eigenvalue weighted by Crippen LogP contribution is -2.12. The number of methoxy groups -OCH3 is 1. The Kier molecular flexibility index (Phi) is 8.05. The lowest BCUT2D eigenvalue weighted by Gasteiger charge is -2.21. The van der Waals surface area contributed by atoms with Crippen LogP contribution in [0.3, 0.4) is 0 Å². The second-order valence-corrected chi connectivity index (χ2v) is 5.92. The fourth-order valence-corrected chi connectivity index (χ4v) is 2.86. The Hall–Kier alpha value is -1.59. The Morgan fingerprint density at radius 2 is 1.88 bits per heavy atom. The lowest BCUT2D eigenvalue weighted by atomic mass is 9.92. The molecular weight excluding hydrogens is 308 g/mol. The number of hydrogen-bond donors (Lipinski definition) is 0. The molecule has 1 aliphatic rings. The van der Waals surface area contributed by atoms with E-state index in [-0.39, 0.29) is 5.97 Å². The van der Waals surface area contributed by atoms with E-state index in [0.29, 0.717) is 37.9 Å². The molecule has 2 rings (SSSR count). The topological polar surface area (TPSA) is 54.0 Å². The van der Waals surface area contributed by atoms with Crippen molar-refractivity contribution in [2.45, 2.75) is 38.5 Å². The van der Waals surface area contributed by atoms with Gasteiger partial charge < -0.3 is 18.9 Å². The maximum atomic E-state index is 11.8. The van der Waals surface area contributed by atoms with Gasteiger partial charge in [0, 0.05) is 13.2 Å². The number of hydrogen-bond acceptors (Lipinski definition) is 5. The van der Waals surface area contributed by atoms with Crippen LogP contribution < -0.4 is 4.74 Å². The van der Waals surface area contributed by atoms with Crippen LogP contribution in [0.2, 0.25) is 0 Å². The Labute approximate surface area is 144 Å². The predicted octanol–water partition coefficient (Wildman–Crippen LogP) is 3.56. The van der Waals surface area contributed by atoms with Gasteiger partial charge in [0.05, 0.1) is 32.5 Å². The molecule has 1 aromatic rings. The minimum absolute atomic E-state index is 0.342. The summed E-state index contributed by atoms with van der Waals surface area (Å²) < 4.78 is 22.0. The summed E-state index contributed by atoms with van der Waals surface area (Å²) in [5, 5.41) is 0. The van der Waals surface area contributed by atoms with Crippen molar-refractivity contribution in [2.75, 3.05) is 40.1 Å². The molecule has 0 aromatic heterocycles. The summed E-state index contributed by atoms with van der Waals surface area (Å²) in [4.78, 5) is 11.8. The molecule has 0 N–H and O–H groups in total. The molecule has 0 saturated heterocycles. The molecule has 0 bridgehead atoms. The van der Waals surface area contributed by atoms with Gasteiger partial charge in [-0.15, -0.1) is 0 Å². The van der Waals surface area contributed by atoms with E-state index in [4.69, 9.17) is 18.9 Å². The highest BCUT2D eigenvalue weighted by atomic mass is 16.5. The largest absolute Gasteiger partial charge is 0.493 e. The van der Waals surface area contributed by atoms with Gasteiger partial charge in [-0.2, -0.15) is 0 Å². The van der Waals surface area contributed by atoms with Crippen molar-refractivity contribution in [1.29, 1.82) is 0 Å². The molecule has 134 valence electrons. The molecule has 0 spiro atoms. The molecule has 5 heteroatoms. The van der Waals surface area contributed by atoms with Crippen LogP contribution in [0.25, 0.3) is 0 Å². The number of benzene rings is 1. The van der Waals surface area contributed by atoms with Crippen LogP contribution in [0, 0.1) is 0 Å². The molecule has 1 aliphatic heterocycles. The Balaban J connectivity index is 2.21. The fraction of sp³-hybridized carbons (Fsp3) is 0.632. The van der Waals surface area contributed by atoms with Crippen LogP contribution in [0.5, 0.6) is 5.75 Å². The molecular formula is C19H28O5. The molecule has 1 atom stereocenters. The first-order chi connectivity index (χ1) is 11.8. The monoisotopic (exact) mass is 336 g/mol. The summed E-state index contributed by atoms with van der Waals surface area (Å²) in [6.07, 6.45) is 3.78.